The Bertz CT molecular complexity index is 6090. The number of aryl methyl sites for hydroxylation is 1. The van der Waals surface area contributed by atoms with E-state index in [2.05, 4.69) is 99.6 Å². The fourth-order valence-corrected chi connectivity index (χ4v) is 13.9. The van der Waals surface area contributed by atoms with Crippen LogP contribution in [-0.4, -0.2) is 179 Å². The molecule has 0 saturated carbocycles. The lowest BCUT2D eigenvalue weighted by atomic mass is 9.98. The molecule has 8 aromatic rings. The number of fused-ring (bicyclic) bond motifs is 4. The molecule has 4 saturated heterocycles. The number of nitrogens with zero attached hydrogens (tertiary/aromatic N) is 5. The lowest BCUT2D eigenvalue weighted by Crippen LogP contribution is -2.54. The van der Waals surface area contributed by atoms with Crippen LogP contribution in [0.1, 0.15) is 91.5 Å². The molecule has 4 atom stereocenters. The van der Waals surface area contributed by atoms with E-state index < -0.39 is 93.7 Å². The van der Waals surface area contributed by atoms with E-state index in [4.69, 9.17) is 30.5 Å². The van der Waals surface area contributed by atoms with Gasteiger partial charge in [0.1, 0.15) is 46.2 Å². The molecule has 0 unspecified atom stereocenters. The smallest absolute Gasteiger partial charge is 0.497 e. The lowest BCUT2D eigenvalue weighted by molar-refractivity contribution is -0.274. The number of amides is 16. The topological polar surface area (TPSA) is 373 Å². The van der Waals surface area contributed by atoms with E-state index in [1.54, 1.807) is 85.8 Å². The summed E-state index contributed by atoms with van der Waals surface area (Å²) in [6.45, 7) is 1.82. The molecular formula is C85H64ClF6N13O17. The first-order valence-electron chi connectivity index (χ1n) is 36.3. The first-order valence-corrected chi connectivity index (χ1v) is 36.7. The summed E-state index contributed by atoms with van der Waals surface area (Å²) in [6, 6.07) is 31.6. The number of ether oxygens (including phenoxy) is 5. The predicted octanol–water partition coefficient (Wildman–Crippen LogP) is 6.80. The van der Waals surface area contributed by atoms with Crippen LogP contribution in [0, 0.1) is 71.7 Å². The molecule has 16 amide bonds. The van der Waals surface area contributed by atoms with Crippen molar-refractivity contribution in [1.82, 2.24) is 67.1 Å². The van der Waals surface area contributed by atoms with E-state index in [0.29, 0.717) is 61.9 Å². The van der Waals surface area contributed by atoms with Crippen LogP contribution in [-0.2, 0) is 45.4 Å². The number of benzene rings is 7. The molecule has 620 valence electrons. The number of nitrogens with one attached hydrogen (secondary N) is 8. The Morgan fingerprint density at radius 2 is 0.762 bits per heavy atom. The molecule has 122 heavy (non-hydrogen) atoms. The first-order chi connectivity index (χ1) is 58.1. The maximum atomic E-state index is 13.5. The minimum atomic E-state index is -4.87. The highest BCUT2D eigenvalue weighted by atomic mass is 35.5. The van der Waals surface area contributed by atoms with Crippen molar-refractivity contribution in [3.63, 3.8) is 0 Å². The maximum absolute atomic E-state index is 13.5. The lowest BCUT2D eigenvalue weighted by Gasteiger charge is -2.26. The number of urea groups is 4. The Balaban J connectivity index is 0.000000140. The van der Waals surface area contributed by atoms with Crippen LogP contribution in [0.2, 0.25) is 5.02 Å². The predicted molar refractivity (Wildman–Crippen MR) is 416 cm³/mol. The zero-order chi connectivity index (χ0) is 87.3. The number of halogens is 7. The largest absolute Gasteiger partial charge is 0.573 e. The number of carbonyl (C=O) groups is 12. The number of aromatic nitrogens is 1. The number of carbonyl (C=O) groups excluding carboxylic acids is 12. The summed E-state index contributed by atoms with van der Waals surface area (Å²) < 4.78 is 102. The second-order valence-corrected chi connectivity index (χ2v) is 28.5. The molecule has 30 nitrogen and oxygen atoms in total. The second-order valence-electron chi connectivity index (χ2n) is 28.0. The number of alkyl halides is 3. The van der Waals surface area contributed by atoms with Crippen molar-refractivity contribution in [2.24, 2.45) is 0 Å². The van der Waals surface area contributed by atoms with Crippen LogP contribution in [0.3, 0.4) is 0 Å². The van der Waals surface area contributed by atoms with Gasteiger partial charge in [0.15, 0.2) is 0 Å². The van der Waals surface area contributed by atoms with Crippen molar-refractivity contribution in [2.45, 2.75) is 61.6 Å². The molecule has 9 heterocycles. The number of hydrogen-bond donors (Lipinski definition) is 8. The van der Waals surface area contributed by atoms with Gasteiger partial charge in [-0.05, 0) is 144 Å². The minimum Gasteiger partial charge on any atom is -0.497 e. The summed E-state index contributed by atoms with van der Waals surface area (Å²) in [4.78, 5) is 159. The van der Waals surface area contributed by atoms with Gasteiger partial charge >= 0.3 is 30.5 Å². The van der Waals surface area contributed by atoms with E-state index >= 15 is 0 Å². The Hall–Kier alpha value is -15.6. The van der Waals surface area contributed by atoms with Crippen LogP contribution < -0.4 is 66.2 Å². The van der Waals surface area contributed by atoms with Crippen LogP contribution >= 0.6 is 11.6 Å². The number of hydrogen-bond acceptors (Lipinski definition) is 18. The zero-order valence-corrected chi connectivity index (χ0v) is 65.2. The van der Waals surface area contributed by atoms with Crippen molar-refractivity contribution in [1.29, 1.82) is 0 Å². The van der Waals surface area contributed by atoms with Crippen LogP contribution in [0.5, 0.6) is 28.7 Å². The Kier molecular flexibility index (Phi) is 23.6. The van der Waals surface area contributed by atoms with Crippen LogP contribution in [0.25, 0.3) is 0 Å². The van der Waals surface area contributed by atoms with Gasteiger partial charge in [0.05, 0.1) is 65.8 Å². The SMILES string of the molecule is COc1ccc2c(c1)C(=O)N(C[C@@]1(C#Cc3ccc(F)c(C)c3)NC(=O)NC1=O)C2.COc1ccc2c(c1)C(=O)N(C[C@@]1(C#Cc3ccc(F)cc3Cl)NC(=O)NC1=O)C2.COc1ccc2c(c1)C(=O)N(C[C@@]1(C#Cc3cccc(OC(F)(F)F)c3)NC(=O)NC1=O)C2.COc1ccc2c(c1)C(=O)N(C[C@@]1(C#Cc3cncc(F)c3)NC(=O)NC1=O)C2. The summed E-state index contributed by atoms with van der Waals surface area (Å²) in [6.07, 6.45) is -2.51. The fraction of sp³-hybridized carbons (Fsp3) is 0.212. The second kappa shape index (κ2) is 34.2. The van der Waals surface area contributed by atoms with Gasteiger partial charge in [0, 0.05) is 76.9 Å². The van der Waals surface area contributed by atoms with Gasteiger partial charge in [-0.15, -0.1) is 13.2 Å². The van der Waals surface area contributed by atoms with Gasteiger partial charge in [-0.1, -0.05) is 89.3 Å². The molecule has 37 heteroatoms. The molecule has 8 aliphatic heterocycles. The molecule has 1 aromatic heterocycles. The van der Waals surface area contributed by atoms with Crippen LogP contribution in [0.15, 0.2) is 152 Å². The van der Waals surface area contributed by atoms with Crippen molar-refractivity contribution >= 4 is 83.0 Å². The highest BCUT2D eigenvalue weighted by Crippen LogP contribution is 2.35. The third kappa shape index (κ3) is 18.3. The molecule has 0 bridgehead atoms. The Labute approximate surface area is 693 Å². The quantitative estimate of drug-likeness (QED) is 0.0334. The van der Waals surface area contributed by atoms with Gasteiger partial charge in [0.2, 0.25) is 22.2 Å². The van der Waals surface area contributed by atoms with E-state index in [0.717, 1.165) is 47.2 Å². The molecule has 8 aliphatic rings. The fourth-order valence-electron chi connectivity index (χ4n) is 13.7. The molecular weight excluding hydrogens is 1620 g/mol. The Morgan fingerprint density at radius 3 is 1.09 bits per heavy atom. The van der Waals surface area contributed by atoms with E-state index in [1.807, 2.05) is 0 Å². The van der Waals surface area contributed by atoms with E-state index in [1.165, 1.54) is 90.6 Å². The minimum absolute atomic E-state index is 0.0686. The van der Waals surface area contributed by atoms with Gasteiger partial charge in [-0.25, -0.2) is 32.3 Å². The molecule has 0 spiro atoms. The third-order valence-electron chi connectivity index (χ3n) is 19.8. The third-order valence-corrected chi connectivity index (χ3v) is 20.1. The summed E-state index contributed by atoms with van der Waals surface area (Å²) in [5.74, 6) is 17.8. The number of methoxy groups -OCH3 is 4. The normalized spacial score (nSPS) is 19.7. The van der Waals surface area contributed by atoms with E-state index in [9.17, 15) is 83.9 Å². The maximum Gasteiger partial charge on any atom is 0.573 e. The average molecular weight is 1690 g/mol. The summed E-state index contributed by atoms with van der Waals surface area (Å²) in [7, 11) is 5.99. The van der Waals surface area contributed by atoms with Crippen molar-refractivity contribution < 1.29 is 108 Å². The molecule has 0 radical (unpaired) electrons. The van der Waals surface area contributed by atoms with Gasteiger partial charge in [-0.3, -0.25) is 64.6 Å². The van der Waals surface area contributed by atoms with Gasteiger partial charge in [-0.2, -0.15) is 0 Å². The Morgan fingerprint density at radius 1 is 0.402 bits per heavy atom. The zero-order valence-electron chi connectivity index (χ0n) is 64.4. The monoisotopic (exact) mass is 1690 g/mol. The van der Waals surface area contributed by atoms with Crippen molar-refractivity contribution in [3.05, 3.63) is 247 Å². The first kappa shape index (κ1) is 84.4. The van der Waals surface area contributed by atoms with E-state index in [-0.39, 0.29) is 104 Å². The van der Waals surface area contributed by atoms with Crippen molar-refractivity contribution in [2.75, 3.05) is 54.6 Å². The van der Waals surface area contributed by atoms with Crippen molar-refractivity contribution in [3.8, 4) is 76.1 Å². The number of rotatable bonds is 13. The summed E-state index contributed by atoms with van der Waals surface area (Å²) in [5.41, 5.74) is -0.328. The number of imide groups is 4. The summed E-state index contributed by atoms with van der Waals surface area (Å²) in [5, 5.41) is 18.6. The molecule has 8 N–H and O–H groups in total. The highest BCUT2D eigenvalue weighted by molar-refractivity contribution is 6.31. The standard InChI is InChI=1S/C22H16F3N3O5.C22H18FN3O4.C21H15ClFN3O4.C20H15FN4O4/c1-32-15-6-5-14-11-28(18(29)17(14)10-15)12-21(19(30)26-20(31)27-21)8-7-13-3-2-4-16(9-13)33-22(23,24)25;1-13-9-14(3-6-18(13)23)7-8-22(20(28)24-21(29)25-22)12-26-11-15-4-5-16(30-2)10-17(15)19(26)27;1-30-15-5-3-13-10-26(18(27)16(13)9-15)11-21(19(28)24-20(29)25-21)7-6-12-2-4-14(23)8-17(12)22;1-29-15-3-2-13-10-25(17(26)16(13)7-15)11-20(18(27)23-19(28)24-20)5-4-12-6-14(21)9-22-8-12/h2-6,9-10H,11-12H2,1H3,(H2,26,27,30,31);3-6,9-10H,11-12H2,1-2H3,(H2,24,25,28,29);2-5,8-9H,10-11H2,1H3,(H2,24,25,28,29);2-3,6-9H,10-11H2,1H3,(H2,23,24,27,28)/t21-;22-;21-;20-/m1111/s1. The molecule has 4 fully saturated rings. The number of pyridine rings is 1. The highest BCUT2D eigenvalue weighted by Gasteiger charge is 2.53. The van der Waals surface area contributed by atoms with Gasteiger partial charge in [0.25, 0.3) is 47.3 Å². The molecule has 16 rings (SSSR count). The summed E-state index contributed by atoms with van der Waals surface area (Å²) >= 11 is 6.00. The molecule has 0 aliphatic carbocycles. The van der Waals surface area contributed by atoms with Gasteiger partial charge < -0.3 is 64.6 Å². The average Bonchev–Trinajstić information content (AvgIpc) is 1.63. The van der Waals surface area contributed by atoms with Crippen LogP contribution in [0.4, 0.5) is 45.5 Å². The molecule has 7 aromatic carbocycles.